The Morgan fingerprint density at radius 1 is 0.767 bits per heavy atom. The van der Waals surface area contributed by atoms with E-state index in [0.717, 1.165) is 35.1 Å². The molecular weight excluding hydrogens is 792 g/mol. The number of fused-ring (bicyclic) bond motifs is 1. The van der Waals surface area contributed by atoms with Crippen LogP contribution in [0.25, 0.3) is 33.4 Å². The van der Waals surface area contributed by atoms with E-state index in [0.29, 0.717) is 35.6 Å². The predicted molar refractivity (Wildman–Crippen MR) is 205 cm³/mol. The maximum Gasteiger partial charge on any atom is 0.409 e. The Morgan fingerprint density at radius 2 is 1.33 bits per heavy atom. The molecule has 2 aliphatic heterocycles. The number of aliphatic hydroxyl groups is 8. The summed E-state index contributed by atoms with van der Waals surface area (Å²) in [5.74, 6) is -11.1. The molecule has 2 aromatic heterocycles. The van der Waals surface area contributed by atoms with Crippen LogP contribution in [0.4, 0.5) is 9.59 Å². The first kappa shape index (κ1) is 43.8. The lowest BCUT2D eigenvalue weighted by Crippen LogP contribution is -2.85. The minimum Gasteiger partial charge on any atom is -0.453 e. The van der Waals surface area contributed by atoms with Gasteiger partial charge in [0.1, 0.15) is 17.7 Å². The zero-order valence-electron chi connectivity index (χ0n) is 33.0. The monoisotopic (exact) mass is 840 g/mol. The number of H-pyrrole nitrogens is 2. The highest BCUT2D eigenvalue weighted by atomic mass is 16.7. The van der Waals surface area contributed by atoms with E-state index in [4.69, 9.17) is 9.72 Å². The topological polar surface area (TPSA) is 336 Å². The van der Waals surface area contributed by atoms with Crippen LogP contribution in [0.1, 0.15) is 63.3 Å². The summed E-state index contributed by atoms with van der Waals surface area (Å²) in [6.45, 7) is 4.00. The van der Waals surface area contributed by atoms with Crippen LogP contribution < -0.4 is 10.6 Å². The van der Waals surface area contributed by atoms with Gasteiger partial charge in [0, 0.05) is 13.1 Å². The molecule has 4 heterocycles. The van der Waals surface area contributed by atoms with Crippen molar-refractivity contribution in [2.45, 2.75) is 80.9 Å². The van der Waals surface area contributed by atoms with E-state index in [9.17, 15) is 60.0 Å². The van der Waals surface area contributed by atoms with E-state index in [2.05, 4.69) is 25.0 Å². The van der Waals surface area contributed by atoms with Crippen LogP contribution in [0, 0.1) is 5.92 Å². The standard InChI is InChI=1S/C38H48N8O14/c1-19(2)28(43-33(49)59-3)31(47)45-15-5-8-27(45)30-40-23-14-13-22(17-24(23)41-30)20-9-11-21(12-10-20)25-18-39-29(42-25)26-7-6-16-46(26)32(48)35(51,44-34(50)60-4)36(52,37(53,54)55)38(56,57)58/h9-14,17-19,26-28,51-58H,5-8,15-16H2,1-4H3,(H,39,42)(H,40,41)(H,43,49)(H,44,50). The highest BCUT2D eigenvalue weighted by molar-refractivity contribution is 5.91. The van der Waals surface area contributed by atoms with Crippen molar-refractivity contribution in [1.29, 1.82) is 0 Å². The van der Waals surface area contributed by atoms with Crippen LogP contribution in [0.3, 0.4) is 0 Å². The van der Waals surface area contributed by atoms with Gasteiger partial charge >= 0.3 is 24.1 Å². The van der Waals surface area contributed by atoms with Crippen LogP contribution in [0.2, 0.25) is 0 Å². The number of aromatic amines is 2. The average molecular weight is 841 g/mol. The molecule has 2 saturated heterocycles. The average Bonchev–Trinajstić information content (AvgIpc) is 4.04. The zero-order valence-corrected chi connectivity index (χ0v) is 33.0. The molecule has 4 aromatic rings. The number of rotatable bonds is 12. The molecule has 0 saturated carbocycles. The number of imidazole rings is 2. The molecule has 22 heteroatoms. The van der Waals surface area contributed by atoms with E-state index in [1.54, 1.807) is 4.90 Å². The number of likely N-dealkylation sites (tertiary alicyclic amines) is 2. The Morgan fingerprint density at radius 3 is 1.92 bits per heavy atom. The van der Waals surface area contributed by atoms with E-state index >= 15 is 0 Å². The van der Waals surface area contributed by atoms with Crippen molar-refractivity contribution in [2.24, 2.45) is 5.92 Å². The van der Waals surface area contributed by atoms with Gasteiger partial charge in [-0.15, -0.1) is 0 Å². The third-order valence-corrected chi connectivity index (χ3v) is 11.0. The Hall–Kier alpha value is -5.72. The van der Waals surface area contributed by atoms with E-state index in [1.807, 2.05) is 56.3 Å². The number of ether oxygens (including phenoxy) is 2. The van der Waals surface area contributed by atoms with Crippen molar-refractivity contribution in [3.05, 3.63) is 60.3 Å². The summed E-state index contributed by atoms with van der Waals surface area (Å²) in [6, 6.07) is 11.0. The summed E-state index contributed by atoms with van der Waals surface area (Å²) < 4.78 is 9.05. The second-order valence-corrected chi connectivity index (χ2v) is 15.1. The molecule has 0 aliphatic carbocycles. The second-order valence-electron chi connectivity index (χ2n) is 15.1. The molecular formula is C38H48N8O14. The second kappa shape index (κ2) is 16.4. The fraction of sp³-hybridized carbons (Fsp3) is 0.474. The molecule has 12 N–H and O–H groups in total. The van der Waals surface area contributed by atoms with E-state index < -0.39 is 53.4 Å². The minimum atomic E-state index is -4.83. The smallest absolute Gasteiger partial charge is 0.409 e. The van der Waals surface area contributed by atoms with Crippen molar-refractivity contribution in [3.63, 3.8) is 0 Å². The van der Waals surface area contributed by atoms with Gasteiger partial charge in [0.05, 0.1) is 49.2 Å². The van der Waals surface area contributed by atoms with Gasteiger partial charge < -0.3 is 75.4 Å². The van der Waals surface area contributed by atoms with E-state index in [1.165, 1.54) is 18.6 Å². The molecule has 2 aromatic carbocycles. The quantitative estimate of drug-likeness (QED) is 0.0790. The number of nitrogens with one attached hydrogen (secondary N) is 4. The lowest BCUT2D eigenvalue weighted by Gasteiger charge is -2.49. The van der Waals surface area contributed by atoms with E-state index in [-0.39, 0.29) is 43.1 Å². The van der Waals surface area contributed by atoms with Crippen molar-refractivity contribution in [3.8, 4) is 22.4 Å². The molecule has 60 heavy (non-hydrogen) atoms. The van der Waals surface area contributed by atoms with Gasteiger partial charge in [0.25, 0.3) is 17.2 Å². The number of nitrogens with zero attached hydrogens (tertiary/aromatic N) is 4. The summed E-state index contributed by atoms with van der Waals surface area (Å²) in [4.78, 5) is 69.8. The third-order valence-electron chi connectivity index (χ3n) is 11.0. The van der Waals surface area contributed by atoms with Gasteiger partial charge in [-0.2, -0.15) is 0 Å². The van der Waals surface area contributed by atoms with Crippen molar-refractivity contribution < 1.29 is 69.5 Å². The Labute approximate surface area is 341 Å². The van der Waals surface area contributed by atoms with Crippen molar-refractivity contribution in [1.82, 2.24) is 40.4 Å². The largest absolute Gasteiger partial charge is 0.453 e. The molecule has 2 aliphatic rings. The number of carbonyl (C=O) groups is 4. The molecule has 22 nitrogen and oxygen atoms in total. The van der Waals surface area contributed by atoms with Crippen LogP contribution in [-0.2, 0) is 19.1 Å². The highest BCUT2D eigenvalue weighted by Gasteiger charge is 2.78. The summed E-state index contributed by atoms with van der Waals surface area (Å²) in [6.07, 6.45) is 0.943. The molecule has 324 valence electrons. The number of hydrogen-bond acceptors (Lipinski definition) is 16. The van der Waals surface area contributed by atoms with Gasteiger partial charge in [0.2, 0.25) is 5.91 Å². The number of hydrogen-bond donors (Lipinski definition) is 12. The Balaban J connectivity index is 1.21. The lowest BCUT2D eigenvalue weighted by atomic mass is 9.83. The normalized spacial score (nSPS) is 19.0. The van der Waals surface area contributed by atoms with Crippen molar-refractivity contribution >= 4 is 35.0 Å². The predicted octanol–water partition coefficient (Wildman–Crippen LogP) is -0.635. The number of benzene rings is 2. The van der Waals surface area contributed by atoms with Gasteiger partial charge in [-0.05, 0) is 60.4 Å². The molecule has 0 radical (unpaired) electrons. The van der Waals surface area contributed by atoms with Crippen LogP contribution in [0.5, 0.6) is 0 Å². The van der Waals surface area contributed by atoms with Gasteiger partial charge in [-0.25, -0.2) is 19.6 Å². The number of methoxy groups -OCH3 is 2. The number of alkyl carbamates (subject to hydrolysis) is 2. The van der Waals surface area contributed by atoms with Crippen LogP contribution in [0.15, 0.2) is 48.7 Å². The minimum absolute atomic E-state index is 0.137. The molecule has 2 fully saturated rings. The fourth-order valence-electron chi connectivity index (χ4n) is 7.76. The molecule has 6 rings (SSSR count). The van der Waals surface area contributed by atoms with Gasteiger partial charge in [-0.1, -0.05) is 44.2 Å². The summed E-state index contributed by atoms with van der Waals surface area (Å²) in [7, 11) is 2.00. The van der Waals surface area contributed by atoms with Gasteiger partial charge in [-0.3, -0.25) is 14.9 Å². The molecule has 0 spiro atoms. The lowest BCUT2D eigenvalue weighted by molar-refractivity contribution is -0.518. The number of aromatic nitrogens is 4. The highest BCUT2D eigenvalue weighted by Crippen LogP contribution is 2.41. The molecule has 0 bridgehead atoms. The molecule has 4 unspecified atom stereocenters. The number of amides is 4. The SMILES string of the molecule is COC(=O)NC(C(=O)N1CCCC1c1nc2ccc(-c3ccc(-c4cnc(C5CCCN5C(=O)C(O)(NC(=O)OC)C(O)(C(O)(O)O)C(O)(O)O)[nH]4)cc3)cc2[nH]1)C(C)C. The first-order valence-electron chi connectivity index (χ1n) is 18.9. The van der Waals surface area contributed by atoms with Crippen LogP contribution >= 0.6 is 0 Å². The van der Waals surface area contributed by atoms with Crippen LogP contribution in [-0.4, -0.2) is 151 Å². The fourth-order valence-corrected chi connectivity index (χ4v) is 7.76. The summed E-state index contributed by atoms with van der Waals surface area (Å²) in [5.41, 5.74) is -4.74. The Bertz CT molecular complexity index is 2220. The zero-order chi connectivity index (χ0) is 43.9. The Kier molecular flexibility index (Phi) is 12.0. The maximum absolute atomic E-state index is 13.9. The third kappa shape index (κ3) is 7.86. The molecule has 4 amide bonds. The maximum atomic E-state index is 13.9. The molecule has 4 atom stereocenters. The summed E-state index contributed by atoms with van der Waals surface area (Å²) in [5, 5.41) is 85.4. The van der Waals surface area contributed by atoms with Gasteiger partial charge in [0.15, 0.2) is 0 Å². The number of carbonyl (C=O) groups excluding carboxylic acids is 4. The first-order chi connectivity index (χ1) is 28.1. The summed E-state index contributed by atoms with van der Waals surface area (Å²) >= 11 is 0. The first-order valence-corrected chi connectivity index (χ1v) is 18.9. The van der Waals surface area contributed by atoms with Crippen molar-refractivity contribution in [2.75, 3.05) is 27.3 Å².